The molecule has 0 aliphatic rings. The molecule has 152 valence electrons. The highest BCUT2D eigenvalue weighted by molar-refractivity contribution is 7.94. The van der Waals surface area contributed by atoms with E-state index >= 15 is 0 Å². The van der Waals surface area contributed by atoms with Crippen LogP contribution in [0.3, 0.4) is 0 Å². The molecule has 16 heteroatoms. The van der Waals surface area contributed by atoms with Crippen molar-refractivity contribution in [3.8, 4) is 0 Å². The van der Waals surface area contributed by atoms with Gasteiger partial charge in [0.2, 0.25) is 0 Å². The zero-order valence-corrected chi connectivity index (χ0v) is 16.8. The van der Waals surface area contributed by atoms with Crippen molar-refractivity contribution in [2.75, 3.05) is 25.0 Å². The van der Waals surface area contributed by atoms with Crippen LogP contribution >= 0.6 is 0 Å². The molecular weight excluding hydrogens is 428 g/mol. The second-order valence-electron chi connectivity index (χ2n) is 5.73. The molecule has 0 aromatic rings. The molecule has 0 fully saturated rings. The van der Waals surface area contributed by atoms with E-state index in [4.69, 9.17) is 0 Å². The van der Waals surface area contributed by atoms with Crippen molar-refractivity contribution in [3.05, 3.63) is 0 Å². The van der Waals surface area contributed by atoms with Gasteiger partial charge >= 0.3 is 0 Å². The first-order valence-corrected chi connectivity index (χ1v) is 13.9. The van der Waals surface area contributed by atoms with Crippen LogP contribution in [0.1, 0.15) is 0 Å². The smallest absolute Gasteiger partial charge is 0.174 e. The molecule has 0 aliphatic carbocycles. The number of rotatable bonds is 8. The molecule has 0 aliphatic heterocycles. The summed E-state index contributed by atoms with van der Waals surface area (Å²) in [5.74, 6) is 0. The molecule has 0 aromatic carbocycles. The number of sulfone groups is 4. The molecule has 0 amide bonds. The minimum absolute atomic E-state index is 0.255. The first-order valence-electron chi connectivity index (χ1n) is 6.10. The topological polar surface area (TPSA) is 217 Å². The average Bonchev–Trinajstić information content (AvgIpc) is 2.34. The lowest BCUT2D eigenvalue weighted by Gasteiger charge is -2.44. The van der Waals surface area contributed by atoms with Crippen LogP contribution in [0.5, 0.6) is 0 Å². The molecular formula is C9H20O12S4. The lowest BCUT2D eigenvalue weighted by Crippen LogP contribution is -2.67. The van der Waals surface area contributed by atoms with E-state index in [9.17, 15) is 54.1 Å². The normalized spacial score (nSPS) is 21.8. The van der Waals surface area contributed by atoms with E-state index < -0.39 is 66.5 Å². The zero-order valence-electron chi connectivity index (χ0n) is 13.5. The van der Waals surface area contributed by atoms with E-state index in [0.29, 0.717) is 0 Å². The summed E-state index contributed by atoms with van der Waals surface area (Å²) < 4.78 is 93.6. The van der Waals surface area contributed by atoms with Crippen LogP contribution in [0, 0.1) is 5.41 Å². The maximum absolute atomic E-state index is 11.7. The van der Waals surface area contributed by atoms with E-state index in [1.54, 1.807) is 0 Å². The van der Waals surface area contributed by atoms with Gasteiger partial charge < -0.3 is 20.4 Å². The summed E-state index contributed by atoms with van der Waals surface area (Å²) in [7, 11) is -19.6. The first-order chi connectivity index (χ1) is 10.6. The molecule has 25 heavy (non-hydrogen) atoms. The van der Waals surface area contributed by atoms with Crippen LogP contribution < -0.4 is 0 Å². The van der Waals surface area contributed by atoms with E-state index in [1.165, 1.54) is 0 Å². The molecule has 0 rings (SSSR count). The van der Waals surface area contributed by atoms with E-state index in [0.717, 1.165) is 0 Å². The second kappa shape index (κ2) is 6.99. The Labute approximate surface area is 145 Å². The molecule has 0 spiro atoms. The van der Waals surface area contributed by atoms with Gasteiger partial charge in [0.25, 0.3) is 0 Å². The molecule has 0 aromatic heterocycles. The molecule has 0 bridgehead atoms. The van der Waals surface area contributed by atoms with Crippen LogP contribution in [0.4, 0.5) is 0 Å². The number of aliphatic hydroxyl groups is 4. The van der Waals surface area contributed by atoms with Crippen molar-refractivity contribution in [2.24, 2.45) is 5.41 Å². The third kappa shape index (κ3) is 4.88. The highest BCUT2D eigenvalue weighted by Gasteiger charge is 2.67. The summed E-state index contributed by atoms with van der Waals surface area (Å²) in [5, 5.41) is 40.1. The molecule has 0 saturated heterocycles. The Kier molecular flexibility index (Phi) is 6.89. The van der Waals surface area contributed by atoms with Crippen molar-refractivity contribution >= 4 is 39.3 Å². The minimum atomic E-state index is -4.89. The Morgan fingerprint density at radius 2 is 0.600 bits per heavy atom. The van der Waals surface area contributed by atoms with Gasteiger partial charge in [-0.2, -0.15) is 0 Å². The highest BCUT2D eigenvalue weighted by Crippen LogP contribution is 2.43. The van der Waals surface area contributed by atoms with Crippen molar-refractivity contribution in [2.45, 2.75) is 21.7 Å². The van der Waals surface area contributed by atoms with Gasteiger partial charge in [-0.25, -0.2) is 33.7 Å². The first kappa shape index (κ1) is 24.6. The Morgan fingerprint density at radius 3 is 0.680 bits per heavy atom. The van der Waals surface area contributed by atoms with Crippen LogP contribution in [-0.2, 0) is 39.3 Å². The van der Waals surface area contributed by atoms with Crippen LogP contribution in [0.2, 0.25) is 0 Å². The average molecular weight is 449 g/mol. The fraction of sp³-hybridized carbons (Fsp3) is 1.00. The molecule has 0 radical (unpaired) electrons. The predicted octanol–water partition coefficient (Wildman–Crippen LogP) is -4.58. The quantitative estimate of drug-likeness (QED) is 0.276. The SMILES string of the molecule is CS(=O)(=O)C(O)C(C(O)S(C)(=O)=O)(C(O)S(C)(=O)=O)C(O)S(C)(=O)=O. The third-order valence-electron chi connectivity index (χ3n) is 3.33. The number of hydrogen-bond donors (Lipinski definition) is 4. The summed E-state index contributed by atoms with van der Waals surface area (Å²) in [5.41, 5.74) is -17.0. The minimum Gasteiger partial charge on any atom is -0.376 e. The fourth-order valence-corrected chi connectivity index (χ4v) is 7.24. The van der Waals surface area contributed by atoms with Crippen molar-refractivity contribution < 1.29 is 54.1 Å². The van der Waals surface area contributed by atoms with Crippen LogP contribution in [0.15, 0.2) is 0 Å². The summed E-state index contributed by atoms with van der Waals surface area (Å²) in [4.78, 5) is 0. The molecule has 4 N–H and O–H groups in total. The van der Waals surface area contributed by atoms with Gasteiger partial charge in [0, 0.05) is 25.0 Å². The monoisotopic (exact) mass is 448 g/mol. The Balaban J connectivity index is 7.46. The van der Waals surface area contributed by atoms with Gasteiger partial charge in [0.1, 0.15) is 5.41 Å². The number of hydrogen-bond acceptors (Lipinski definition) is 12. The largest absolute Gasteiger partial charge is 0.376 e. The summed E-state index contributed by atoms with van der Waals surface area (Å²) in [6.45, 7) is 0. The summed E-state index contributed by atoms with van der Waals surface area (Å²) >= 11 is 0. The lowest BCUT2D eigenvalue weighted by molar-refractivity contribution is -0.0982. The predicted molar refractivity (Wildman–Crippen MR) is 85.8 cm³/mol. The van der Waals surface area contributed by atoms with E-state index in [2.05, 4.69) is 0 Å². The van der Waals surface area contributed by atoms with Gasteiger partial charge in [0.15, 0.2) is 61.1 Å². The maximum atomic E-state index is 11.7. The summed E-state index contributed by atoms with van der Waals surface area (Å²) in [6, 6.07) is 0. The van der Waals surface area contributed by atoms with Crippen molar-refractivity contribution in [1.82, 2.24) is 0 Å². The second-order valence-corrected chi connectivity index (χ2v) is 14.1. The highest BCUT2D eigenvalue weighted by atomic mass is 32.2. The van der Waals surface area contributed by atoms with Gasteiger partial charge in [-0.3, -0.25) is 0 Å². The summed E-state index contributed by atoms with van der Waals surface area (Å²) in [6.07, 6.45) is 1.02. The molecule has 4 atom stereocenters. The standard InChI is InChI=1S/C9H20O12S4/c1-22(14,15)5(10)9(6(11)23(2,16)17,7(12)24(3,18)19)8(13)25(4,20)21/h5-8,10-13H,1-4H3. The van der Waals surface area contributed by atoms with Gasteiger partial charge in [-0.1, -0.05) is 0 Å². The Hall–Kier alpha value is -0.360. The number of aliphatic hydroxyl groups excluding tert-OH is 4. The Bertz CT molecular complexity index is 754. The molecule has 4 unspecified atom stereocenters. The van der Waals surface area contributed by atoms with Crippen molar-refractivity contribution in [3.63, 3.8) is 0 Å². The maximum Gasteiger partial charge on any atom is 0.174 e. The Morgan fingerprint density at radius 1 is 0.480 bits per heavy atom. The van der Waals surface area contributed by atoms with E-state index in [1.807, 2.05) is 0 Å². The zero-order chi connectivity index (χ0) is 20.8. The third-order valence-corrected chi connectivity index (χ3v) is 8.21. The van der Waals surface area contributed by atoms with Crippen LogP contribution in [0.25, 0.3) is 0 Å². The molecule has 0 heterocycles. The fourth-order valence-electron chi connectivity index (χ4n) is 2.21. The lowest BCUT2D eigenvalue weighted by atomic mass is 9.90. The molecule has 12 nitrogen and oxygen atoms in total. The van der Waals surface area contributed by atoms with Gasteiger partial charge in [-0.05, 0) is 0 Å². The molecule has 0 saturated carbocycles. The van der Waals surface area contributed by atoms with Gasteiger partial charge in [-0.15, -0.1) is 0 Å². The van der Waals surface area contributed by atoms with Crippen molar-refractivity contribution in [1.29, 1.82) is 0 Å². The van der Waals surface area contributed by atoms with Crippen LogP contribution in [-0.4, -0.2) is 101 Å². The van der Waals surface area contributed by atoms with Gasteiger partial charge in [0.05, 0.1) is 0 Å². The van der Waals surface area contributed by atoms with E-state index in [-0.39, 0.29) is 25.0 Å².